The monoisotopic (exact) mass is 399 g/mol. The first kappa shape index (κ1) is 18.5. The van der Waals surface area contributed by atoms with Gasteiger partial charge in [0.1, 0.15) is 4.75 Å². The normalized spacial score (nSPS) is 20.8. The van der Waals surface area contributed by atoms with E-state index < -0.39 is 4.75 Å². The Morgan fingerprint density at radius 2 is 1.28 bits per heavy atom. The molecular formula is C26H25NOS. The van der Waals surface area contributed by atoms with E-state index in [1.165, 1.54) is 22.3 Å². The number of para-hydroxylation sites is 1. The van der Waals surface area contributed by atoms with Crippen LogP contribution in [0.1, 0.15) is 31.9 Å². The third-order valence-electron chi connectivity index (χ3n) is 6.47. The highest BCUT2D eigenvalue weighted by molar-refractivity contribution is 8.10. The topological polar surface area (TPSA) is 20.3 Å². The second kappa shape index (κ2) is 5.99. The molecule has 2 nitrogen and oxygen atoms in total. The van der Waals surface area contributed by atoms with Crippen LogP contribution in [-0.2, 0) is 9.54 Å². The van der Waals surface area contributed by atoms with Crippen LogP contribution in [-0.4, -0.2) is 17.7 Å². The number of hydrogen-bond donors (Lipinski definition) is 0. The number of fused-ring (bicyclic) bond motifs is 5. The van der Waals surface area contributed by atoms with Crippen LogP contribution in [0.2, 0.25) is 0 Å². The lowest BCUT2D eigenvalue weighted by molar-refractivity contribution is -0.122. The molecule has 1 saturated heterocycles. The van der Waals surface area contributed by atoms with Crippen LogP contribution in [0.25, 0.3) is 11.1 Å². The number of carbonyl (C=O) groups excluding carboxylic acids is 1. The van der Waals surface area contributed by atoms with Gasteiger partial charge < -0.3 is 4.90 Å². The summed E-state index contributed by atoms with van der Waals surface area (Å²) < 4.78 is -0.897. The van der Waals surface area contributed by atoms with Crippen molar-refractivity contribution in [2.45, 2.75) is 30.3 Å². The van der Waals surface area contributed by atoms with Gasteiger partial charge in [0.15, 0.2) is 0 Å². The van der Waals surface area contributed by atoms with E-state index in [1.54, 1.807) is 0 Å². The second-order valence-corrected chi connectivity index (χ2v) is 10.4. The Balaban J connectivity index is 1.73. The number of carbonyl (C=O) groups is 1. The van der Waals surface area contributed by atoms with Crippen molar-refractivity contribution < 1.29 is 4.79 Å². The van der Waals surface area contributed by atoms with Crippen LogP contribution >= 0.6 is 11.8 Å². The molecule has 0 saturated carbocycles. The highest BCUT2D eigenvalue weighted by atomic mass is 32.2. The van der Waals surface area contributed by atoms with Crippen molar-refractivity contribution in [3.63, 3.8) is 0 Å². The van der Waals surface area contributed by atoms with Crippen LogP contribution in [0, 0.1) is 5.41 Å². The van der Waals surface area contributed by atoms with E-state index in [0.717, 1.165) is 5.69 Å². The second-order valence-electron chi connectivity index (χ2n) is 9.01. The first-order valence-corrected chi connectivity index (χ1v) is 10.9. The highest BCUT2D eigenvalue weighted by Crippen LogP contribution is 2.82. The Morgan fingerprint density at radius 1 is 0.793 bits per heavy atom. The van der Waals surface area contributed by atoms with Gasteiger partial charge in [-0.25, -0.2) is 0 Å². The maximum atomic E-state index is 14.2. The van der Waals surface area contributed by atoms with E-state index in [1.807, 2.05) is 54.0 Å². The van der Waals surface area contributed by atoms with Crippen molar-refractivity contribution in [3.05, 3.63) is 90.0 Å². The molecule has 3 aromatic carbocycles. The van der Waals surface area contributed by atoms with Crippen LogP contribution < -0.4 is 4.90 Å². The summed E-state index contributed by atoms with van der Waals surface area (Å²) in [6.07, 6.45) is 0. The number of nitrogens with zero attached hydrogens (tertiary/aromatic N) is 1. The zero-order valence-corrected chi connectivity index (χ0v) is 18.1. The summed E-state index contributed by atoms with van der Waals surface area (Å²) in [5.74, 6) is 0.174. The molecule has 0 aromatic heterocycles. The van der Waals surface area contributed by atoms with Gasteiger partial charge in [-0.2, -0.15) is 0 Å². The van der Waals surface area contributed by atoms with Crippen molar-refractivity contribution in [3.8, 4) is 11.1 Å². The minimum atomic E-state index is -0.562. The average Bonchev–Trinajstić information content (AvgIpc) is 3.38. The van der Waals surface area contributed by atoms with Crippen LogP contribution in [0.3, 0.4) is 0 Å². The van der Waals surface area contributed by atoms with Gasteiger partial charge >= 0.3 is 0 Å². The molecule has 1 aliphatic carbocycles. The van der Waals surface area contributed by atoms with Gasteiger partial charge in [-0.3, -0.25) is 4.79 Å². The van der Waals surface area contributed by atoms with Crippen molar-refractivity contribution in [2.75, 3.05) is 11.9 Å². The molecule has 1 fully saturated rings. The molecule has 3 heteroatoms. The van der Waals surface area contributed by atoms with Crippen molar-refractivity contribution in [1.29, 1.82) is 0 Å². The van der Waals surface area contributed by atoms with Gasteiger partial charge in [-0.1, -0.05) is 87.5 Å². The fourth-order valence-electron chi connectivity index (χ4n) is 5.09. The van der Waals surface area contributed by atoms with Gasteiger partial charge in [0.05, 0.1) is 4.75 Å². The molecule has 3 aromatic rings. The molecule has 29 heavy (non-hydrogen) atoms. The van der Waals surface area contributed by atoms with Crippen LogP contribution in [0.5, 0.6) is 0 Å². The lowest BCUT2D eigenvalue weighted by atomic mass is 9.69. The molecule has 2 aliphatic rings. The van der Waals surface area contributed by atoms with Gasteiger partial charge in [0.2, 0.25) is 5.91 Å². The molecule has 1 atom stereocenters. The van der Waals surface area contributed by atoms with Gasteiger partial charge in [0.25, 0.3) is 0 Å². The number of rotatable bonds is 2. The average molecular weight is 400 g/mol. The quantitative estimate of drug-likeness (QED) is 0.485. The Bertz CT molecular complexity index is 1070. The first-order chi connectivity index (χ1) is 13.8. The fraction of sp³-hybridized carbons (Fsp3) is 0.269. The van der Waals surface area contributed by atoms with Crippen molar-refractivity contribution >= 4 is 23.4 Å². The van der Waals surface area contributed by atoms with E-state index in [-0.39, 0.29) is 16.1 Å². The highest BCUT2D eigenvalue weighted by Gasteiger charge is 2.81. The minimum absolute atomic E-state index is 0.174. The molecular weight excluding hydrogens is 374 g/mol. The predicted molar refractivity (Wildman–Crippen MR) is 122 cm³/mol. The Morgan fingerprint density at radius 3 is 1.79 bits per heavy atom. The number of amides is 1. The largest absolute Gasteiger partial charge is 0.314 e. The Labute approximate surface area is 176 Å². The zero-order chi connectivity index (χ0) is 20.4. The summed E-state index contributed by atoms with van der Waals surface area (Å²) in [7, 11) is 1.91. The molecule has 1 amide bonds. The molecule has 5 rings (SSSR count). The summed E-state index contributed by atoms with van der Waals surface area (Å²) >= 11 is 1.83. The Kier molecular flexibility index (Phi) is 3.82. The first-order valence-electron chi connectivity index (χ1n) is 10.1. The molecule has 0 radical (unpaired) electrons. The maximum Gasteiger partial charge on any atom is 0.245 e. The third-order valence-corrected chi connectivity index (χ3v) is 8.72. The number of hydrogen-bond acceptors (Lipinski definition) is 2. The standard InChI is InChI=1S/C26H25NOS/c1-24(2,3)26(23(28)27(4)18-12-6-5-7-13-18)25(29-26)21-16-10-8-14-19(21)20-15-9-11-17-22(20)25/h5-17H,1-4H3. The van der Waals surface area contributed by atoms with Gasteiger partial charge in [0, 0.05) is 12.7 Å². The molecule has 146 valence electrons. The maximum absolute atomic E-state index is 14.2. The summed E-state index contributed by atoms with van der Waals surface area (Å²) in [5.41, 5.74) is 5.78. The lowest BCUT2D eigenvalue weighted by Crippen LogP contribution is -2.50. The lowest BCUT2D eigenvalue weighted by Gasteiger charge is -2.35. The molecule has 1 heterocycles. The van der Waals surface area contributed by atoms with Gasteiger partial charge in [-0.15, -0.1) is 11.8 Å². The van der Waals surface area contributed by atoms with E-state index in [2.05, 4.69) is 69.3 Å². The van der Waals surface area contributed by atoms with Crippen LogP contribution in [0.4, 0.5) is 5.69 Å². The molecule has 1 unspecified atom stereocenters. The molecule has 0 bridgehead atoms. The van der Waals surface area contributed by atoms with E-state index in [9.17, 15) is 4.79 Å². The molecule has 1 aliphatic heterocycles. The Hall–Kier alpha value is -2.52. The fourth-order valence-corrected chi connectivity index (χ4v) is 7.22. The summed E-state index contributed by atoms with van der Waals surface area (Å²) in [6, 6.07) is 27.2. The smallest absolute Gasteiger partial charge is 0.245 e. The number of benzene rings is 3. The van der Waals surface area contributed by atoms with E-state index in [0.29, 0.717) is 0 Å². The van der Waals surface area contributed by atoms with Crippen molar-refractivity contribution in [1.82, 2.24) is 0 Å². The van der Waals surface area contributed by atoms with E-state index in [4.69, 9.17) is 0 Å². The summed E-state index contributed by atoms with van der Waals surface area (Å²) in [6.45, 7) is 6.61. The van der Waals surface area contributed by atoms with Crippen LogP contribution in [0.15, 0.2) is 78.9 Å². The van der Waals surface area contributed by atoms with Crippen molar-refractivity contribution in [2.24, 2.45) is 5.41 Å². The van der Waals surface area contributed by atoms with E-state index >= 15 is 0 Å². The number of anilines is 1. The predicted octanol–water partition coefficient (Wildman–Crippen LogP) is 6.11. The summed E-state index contributed by atoms with van der Waals surface area (Å²) in [5, 5.41) is 0. The number of thioether (sulfide) groups is 1. The summed E-state index contributed by atoms with van der Waals surface area (Å²) in [4.78, 5) is 16.0. The SMILES string of the molecule is CN(C(=O)C1(C(C)(C)C)SC12c1ccccc1-c1ccccc12)c1ccccc1. The van der Waals surface area contributed by atoms with Gasteiger partial charge in [-0.05, 0) is 39.8 Å². The minimum Gasteiger partial charge on any atom is -0.314 e. The zero-order valence-electron chi connectivity index (χ0n) is 17.3. The molecule has 1 spiro atoms. The third kappa shape index (κ3) is 2.22. The molecule has 0 N–H and O–H groups in total.